The lowest BCUT2D eigenvalue weighted by Gasteiger charge is -2.45. The molecule has 0 fully saturated rings. The van der Waals surface area contributed by atoms with Crippen LogP contribution in [0.25, 0.3) is 0 Å². The Hall–Kier alpha value is -3.32. The number of benzene rings is 4. The van der Waals surface area contributed by atoms with Gasteiger partial charge >= 0.3 is 0 Å². The molecule has 0 radical (unpaired) electrons. The fraction of sp³-hybridized carbons (Fsp3) is 0.257. The molecule has 0 unspecified atom stereocenters. The van der Waals surface area contributed by atoms with Crippen LogP contribution < -0.4 is 21.9 Å². The monoisotopic (exact) mass is 471 g/mol. The lowest BCUT2D eigenvalue weighted by atomic mass is 9.12. The van der Waals surface area contributed by atoms with Crippen molar-refractivity contribution >= 4 is 28.0 Å². The molecule has 0 saturated heterocycles. The van der Waals surface area contributed by atoms with E-state index in [0.717, 1.165) is 6.42 Å². The van der Waals surface area contributed by atoms with Crippen molar-refractivity contribution in [3.63, 3.8) is 0 Å². The van der Waals surface area contributed by atoms with E-state index in [0.29, 0.717) is 0 Å². The molecule has 0 nitrogen and oxygen atoms in total. The van der Waals surface area contributed by atoms with Crippen molar-refractivity contribution in [2.45, 2.75) is 58.3 Å². The summed E-state index contributed by atoms with van der Waals surface area (Å²) in [4.78, 5) is 0. The molecule has 0 spiro atoms. The van der Waals surface area contributed by atoms with Gasteiger partial charge in [0.05, 0.1) is 0 Å². The molecular weight excluding hydrogens is 431 g/mol. The van der Waals surface area contributed by atoms with Crippen molar-refractivity contribution in [3.8, 4) is 0 Å². The van der Waals surface area contributed by atoms with Crippen molar-refractivity contribution in [1.29, 1.82) is 0 Å². The molecule has 0 bridgehead atoms. The van der Waals surface area contributed by atoms with Crippen LogP contribution in [-0.4, -0.2) is 6.15 Å². The third-order valence-electron chi connectivity index (χ3n) is 7.61. The van der Waals surface area contributed by atoms with Gasteiger partial charge in [-0.05, 0) is 32.1 Å². The Bertz CT molecular complexity index is 1080. The highest BCUT2D eigenvalue weighted by atomic mass is 14.1. The molecule has 0 aromatic heterocycles. The van der Waals surface area contributed by atoms with E-state index in [4.69, 9.17) is 0 Å². The lowest BCUT2D eigenvalue weighted by Crippen LogP contribution is -2.75. The minimum atomic E-state index is -1.30. The van der Waals surface area contributed by atoms with Crippen LogP contribution in [0.15, 0.2) is 127 Å². The van der Waals surface area contributed by atoms with Crippen molar-refractivity contribution in [1.82, 2.24) is 0 Å². The second-order valence-corrected chi connectivity index (χ2v) is 10.0. The van der Waals surface area contributed by atoms with E-state index in [2.05, 4.69) is 134 Å². The van der Waals surface area contributed by atoms with E-state index >= 15 is 0 Å². The number of rotatable bonds is 13. The molecule has 1 heteroatoms. The van der Waals surface area contributed by atoms with Crippen LogP contribution in [0.4, 0.5) is 0 Å². The van der Waals surface area contributed by atoms with Gasteiger partial charge in [-0.2, -0.15) is 21.9 Å². The molecule has 0 aliphatic heterocycles. The van der Waals surface area contributed by atoms with Gasteiger partial charge in [0.25, 0.3) is 0 Å². The molecule has 0 aliphatic carbocycles. The third-order valence-corrected chi connectivity index (χ3v) is 7.61. The smallest absolute Gasteiger partial charge is 0.108 e. The van der Waals surface area contributed by atoms with Gasteiger partial charge in [0.15, 0.2) is 0 Å². The number of aryl methyl sites for hydroxylation is 1. The SMILES string of the molecule is CCCC=CCCCCCCc1ccccc1[B-](c1ccccc1)(c1ccccc1)c1ccccc1. The minimum absolute atomic E-state index is 1.12. The summed E-state index contributed by atoms with van der Waals surface area (Å²) in [7, 11) is 0. The first-order chi connectivity index (χ1) is 17.9. The molecule has 0 N–H and O–H groups in total. The Balaban J connectivity index is 1.68. The van der Waals surface area contributed by atoms with E-state index in [9.17, 15) is 0 Å². The van der Waals surface area contributed by atoms with Crippen LogP contribution in [0.2, 0.25) is 0 Å². The van der Waals surface area contributed by atoms with Crippen LogP contribution in [0, 0.1) is 0 Å². The van der Waals surface area contributed by atoms with Crippen LogP contribution in [0.3, 0.4) is 0 Å². The maximum atomic E-state index is 2.39. The Labute approximate surface area is 219 Å². The fourth-order valence-corrected chi connectivity index (χ4v) is 5.86. The summed E-state index contributed by atoms with van der Waals surface area (Å²) in [5, 5.41) is 0. The van der Waals surface area contributed by atoms with Gasteiger partial charge in [0.2, 0.25) is 0 Å². The molecule has 0 saturated carbocycles. The van der Waals surface area contributed by atoms with Crippen molar-refractivity contribution in [3.05, 3.63) is 133 Å². The highest BCUT2D eigenvalue weighted by Crippen LogP contribution is 2.15. The molecule has 36 heavy (non-hydrogen) atoms. The summed E-state index contributed by atoms with van der Waals surface area (Å²) in [5.41, 5.74) is 7.07. The average molecular weight is 472 g/mol. The number of hydrogen-bond acceptors (Lipinski definition) is 0. The molecule has 4 rings (SSSR count). The average Bonchev–Trinajstić information content (AvgIpc) is 2.95. The summed E-state index contributed by atoms with van der Waals surface area (Å²) >= 11 is 0. The van der Waals surface area contributed by atoms with Gasteiger partial charge in [-0.1, -0.05) is 159 Å². The summed E-state index contributed by atoms with van der Waals surface area (Å²) in [6.07, 6.45) is 13.4. The molecular formula is C35H40B-. The molecule has 4 aromatic carbocycles. The Morgan fingerprint density at radius 3 is 1.53 bits per heavy atom. The first-order valence-electron chi connectivity index (χ1n) is 13.9. The predicted octanol–water partition coefficient (Wildman–Crippen LogP) is 6.91. The van der Waals surface area contributed by atoms with Gasteiger partial charge in [-0.25, -0.2) is 0 Å². The molecule has 0 aliphatic rings. The zero-order valence-corrected chi connectivity index (χ0v) is 21.9. The van der Waals surface area contributed by atoms with Gasteiger partial charge in [-0.3, -0.25) is 0 Å². The van der Waals surface area contributed by atoms with E-state index in [-0.39, 0.29) is 0 Å². The predicted molar refractivity (Wildman–Crippen MR) is 161 cm³/mol. The highest BCUT2D eigenvalue weighted by Gasteiger charge is 2.32. The Morgan fingerprint density at radius 2 is 0.972 bits per heavy atom. The standard InChI is InChI=1S/C35H40B/c1-2-3-4-5-6-7-8-9-13-22-31-23-20-21-30-35(31)36(32-24-14-10-15-25-32,33-26-16-11-17-27-33)34-28-18-12-19-29-34/h4-5,10-12,14-21,23-30H,2-3,6-9,13,22H2,1H3/q-1. The van der Waals surface area contributed by atoms with Gasteiger partial charge < -0.3 is 0 Å². The molecule has 4 aromatic rings. The number of unbranched alkanes of at least 4 members (excludes halogenated alkanes) is 5. The summed E-state index contributed by atoms with van der Waals surface area (Å²) < 4.78 is 0. The summed E-state index contributed by atoms with van der Waals surface area (Å²) in [5.74, 6) is 0. The quantitative estimate of drug-likeness (QED) is 0.113. The second-order valence-electron chi connectivity index (χ2n) is 10.0. The summed E-state index contributed by atoms with van der Waals surface area (Å²) in [6, 6.07) is 42.7. The molecule has 0 atom stereocenters. The molecule has 0 heterocycles. The van der Waals surface area contributed by atoms with Crippen molar-refractivity contribution in [2.24, 2.45) is 0 Å². The van der Waals surface area contributed by atoms with Crippen molar-refractivity contribution < 1.29 is 0 Å². The number of allylic oxidation sites excluding steroid dienone is 2. The lowest BCUT2D eigenvalue weighted by molar-refractivity contribution is 0.646. The molecule has 184 valence electrons. The van der Waals surface area contributed by atoms with Crippen LogP contribution >= 0.6 is 0 Å². The topological polar surface area (TPSA) is 0 Å². The summed E-state index contributed by atoms with van der Waals surface area (Å²) in [6.45, 7) is 2.24. The number of hydrogen-bond donors (Lipinski definition) is 0. The van der Waals surface area contributed by atoms with Gasteiger partial charge in [0, 0.05) is 0 Å². The van der Waals surface area contributed by atoms with E-state index < -0.39 is 6.15 Å². The van der Waals surface area contributed by atoms with E-state index in [1.807, 2.05) is 0 Å². The van der Waals surface area contributed by atoms with Gasteiger partial charge in [-0.15, -0.1) is 0 Å². The van der Waals surface area contributed by atoms with E-state index in [1.54, 1.807) is 0 Å². The first-order valence-corrected chi connectivity index (χ1v) is 13.9. The van der Waals surface area contributed by atoms with Crippen LogP contribution in [0.5, 0.6) is 0 Å². The highest BCUT2D eigenvalue weighted by molar-refractivity contribution is 7.20. The maximum Gasteiger partial charge on any atom is 0.108 e. The minimum Gasteiger partial charge on any atom is -0.195 e. The van der Waals surface area contributed by atoms with Gasteiger partial charge in [0.1, 0.15) is 6.15 Å². The largest absolute Gasteiger partial charge is 0.195 e. The normalized spacial score (nSPS) is 11.7. The second kappa shape index (κ2) is 13.7. The Morgan fingerprint density at radius 1 is 0.500 bits per heavy atom. The third kappa shape index (κ3) is 6.08. The maximum absolute atomic E-state index is 2.39. The zero-order chi connectivity index (χ0) is 24.9. The molecule has 0 amide bonds. The first kappa shape index (κ1) is 25.8. The van der Waals surface area contributed by atoms with E-state index in [1.165, 1.54) is 72.4 Å². The van der Waals surface area contributed by atoms with Crippen LogP contribution in [-0.2, 0) is 6.42 Å². The zero-order valence-electron chi connectivity index (χ0n) is 21.9. The van der Waals surface area contributed by atoms with Crippen LogP contribution in [0.1, 0.15) is 57.4 Å². The Kier molecular flexibility index (Phi) is 9.80. The van der Waals surface area contributed by atoms with Crippen molar-refractivity contribution in [2.75, 3.05) is 0 Å². The fourth-order valence-electron chi connectivity index (χ4n) is 5.86.